The van der Waals surface area contributed by atoms with E-state index in [-0.39, 0.29) is 0 Å². The standard InChI is InChI=1S/C17H14ClNO2/c1-2-21-11-7-8-16-13(9-11)14(10-20)17(19-16)12-5-3-4-6-15(12)18/h3-10,19H,2H2,1H3. The van der Waals surface area contributed by atoms with E-state index in [9.17, 15) is 4.79 Å². The Morgan fingerprint density at radius 1 is 1.24 bits per heavy atom. The molecule has 1 aromatic heterocycles. The third-order valence-electron chi connectivity index (χ3n) is 3.38. The van der Waals surface area contributed by atoms with E-state index in [4.69, 9.17) is 16.3 Å². The number of H-pyrrole nitrogens is 1. The van der Waals surface area contributed by atoms with E-state index in [1.165, 1.54) is 0 Å². The molecule has 0 spiro atoms. The number of ether oxygens (including phenoxy) is 1. The topological polar surface area (TPSA) is 42.1 Å². The fourth-order valence-electron chi connectivity index (χ4n) is 2.45. The van der Waals surface area contributed by atoms with Crippen LogP contribution in [0.4, 0.5) is 0 Å². The first kappa shape index (κ1) is 13.7. The Morgan fingerprint density at radius 3 is 2.76 bits per heavy atom. The van der Waals surface area contributed by atoms with Crippen LogP contribution in [0.2, 0.25) is 5.02 Å². The first-order valence-corrected chi connectivity index (χ1v) is 7.11. The van der Waals surface area contributed by atoms with Crippen molar-refractivity contribution in [3.63, 3.8) is 0 Å². The summed E-state index contributed by atoms with van der Waals surface area (Å²) in [5.74, 6) is 0.748. The Hall–Kier alpha value is -2.26. The lowest BCUT2D eigenvalue weighted by atomic mass is 10.1. The van der Waals surface area contributed by atoms with Gasteiger partial charge in [-0.25, -0.2) is 0 Å². The SMILES string of the molecule is CCOc1ccc2[nH]c(-c3ccccc3Cl)c(C=O)c2c1. The summed E-state index contributed by atoms with van der Waals surface area (Å²) in [5, 5.41) is 1.45. The number of benzene rings is 2. The molecule has 4 heteroatoms. The summed E-state index contributed by atoms with van der Waals surface area (Å²) < 4.78 is 5.50. The van der Waals surface area contributed by atoms with Gasteiger partial charge in [0.1, 0.15) is 5.75 Å². The maximum atomic E-state index is 11.6. The van der Waals surface area contributed by atoms with Gasteiger partial charge in [0.25, 0.3) is 0 Å². The first-order chi connectivity index (χ1) is 10.2. The molecule has 0 fully saturated rings. The quantitative estimate of drug-likeness (QED) is 0.710. The van der Waals surface area contributed by atoms with Crippen molar-refractivity contribution in [3.8, 4) is 17.0 Å². The third kappa shape index (κ3) is 2.41. The van der Waals surface area contributed by atoms with Crippen molar-refractivity contribution in [1.29, 1.82) is 0 Å². The van der Waals surface area contributed by atoms with E-state index in [2.05, 4.69) is 4.98 Å². The van der Waals surface area contributed by atoms with Gasteiger partial charge >= 0.3 is 0 Å². The Balaban J connectivity index is 2.24. The fourth-order valence-corrected chi connectivity index (χ4v) is 2.68. The molecule has 3 nitrogen and oxygen atoms in total. The van der Waals surface area contributed by atoms with Gasteiger partial charge in [-0.3, -0.25) is 4.79 Å². The minimum atomic E-state index is 0.587. The maximum Gasteiger partial charge on any atom is 0.152 e. The van der Waals surface area contributed by atoms with Crippen molar-refractivity contribution in [2.75, 3.05) is 6.61 Å². The molecule has 0 unspecified atom stereocenters. The second-order valence-corrected chi connectivity index (χ2v) is 5.06. The molecule has 1 N–H and O–H groups in total. The molecule has 0 saturated carbocycles. The van der Waals surface area contributed by atoms with Gasteiger partial charge in [0.05, 0.1) is 12.3 Å². The van der Waals surface area contributed by atoms with Crippen LogP contribution < -0.4 is 4.74 Å². The van der Waals surface area contributed by atoms with E-state index in [0.717, 1.165) is 34.2 Å². The lowest BCUT2D eigenvalue weighted by molar-refractivity contribution is 0.112. The summed E-state index contributed by atoms with van der Waals surface area (Å²) in [6, 6.07) is 13.1. The molecule has 0 radical (unpaired) electrons. The summed E-state index contributed by atoms with van der Waals surface area (Å²) in [6.07, 6.45) is 0.854. The van der Waals surface area contributed by atoms with Crippen LogP contribution in [0.1, 0.15) is 17.3 Å². The highest BCUT2D eigenvalue weighted by atomic mass is 35.5. The van der Waals surface area contributed by atoms with Gasteiger partial charge in [0.15, 0.2) is 6.29 Å². The molecule has 2 aromatic carbocycles. The number of nitrogens with one attached hydrogen (secondary N) is 1. The number of fused-ring (bicyclic) bond motifs is 1. The van der Waals surface area contributed by atoms with Crippen molar-refractivity contribution >= 4 is 28.8 Å². The van der Waals surface area contributed by atoms with Gasteiger partial charge in [0.2, 0.25) is 0 Å². The van der Waals surface area contributed by atoms with Gasteiger partial charge in [-0.15, -0.1) is 0 Å². The van der Waals surface area contributed by atoms with Crippen molar-refractivity contribution in [2.24, 2.45) is 0 Å². The molecule has 106 valence electrons. The van der Waals surface area contributed by atoms with Crippen molar-refractivity contribution in [2.45, 2.75) is 6.92 Å². The number of aromatic amines is 1. The second kappa shape index (κ2) is 5.62. The predicted octanol–water partition coefficient (Wildman–Crippen LogP) is 4.70. The highest BCUT2D eigenvalue weighted by molar-refractivity contribution is 6.33. The Morgan fingerprint density at radius 2 is 2.05 bits per heavy atom. The van der Waals surface area contributed by atoms with E-state index >= 15 is 0 Å². The number of rotatable bonds is 4. The highest BCUT2D eigenvalue weighted by Gasteiger charge is 2.15. The molecule has 0 aliphatic heterocycles. The van der Waals surface area contributed by atoms with Crippen LogP contribution >= 0.6 is 11.6 Å². The summed E-state index contributed by atoms with van der Waals surface area (Å²) in [5.41, 5.74) is 3.03. The van der Waals surface area contributed by atoms with E-state index in [1.807, 2.05) is 49.4 Å². The molecule has 0 bridgehead atoms. The summed E-state index contributed by atoms with van der Waals surface area (Å²) in [6.45, 7) is 2.51. The van der Waals surface area contributed by atoms with Gasteiger partial charge in [-0.05, 0) is 31.2 Å². The molecule has 1 heterocycles. The fraction of sp³-hybridized carbons (Fsp3) is 0.118. The number of aromatic nitrogens is 1. The molecule has 0 saturated heterocycles. The van der Waals surface area contributed by atoms with Crippen LogP contribution in [-0.4, -0.2) is 17.9 Å². The molecule has 3 rings (SSSR count). The van der Waals surface area contributed by atoms with Crippen molar-refractivity contribution in [3.05, 3.63) is 53.1 Å². The zero-order valence-electron chi connectivity index (χ0n) is 11.5. The van der Waals surface area contributed by atoms with Crippen LogP contribution in [0.15, 0.2) is 42.5 Å². The number of carbonyl (C=O) groups excluding carboxylic acids is 1. The second-order valence-electron chi connectivity index (χ2n) is 4.65. The van der Waals surface area contributed by atoms with Crippen molar-refractivity contribution < 1.29 is 9.53 Å². The minimum Gasteiger partial charge on any atom is -0.494 e. The van der Waals surface area contributed by atoms with Gasteiger partial charge in [-0.1, -0.05) is 29.8 Å². The van der Waals surface area contributed by atoms with Crippen LogP contribution in [0, 0.1) is 0 Å². The normalized spacial score (nSPS) is 10.8. The molecular weight excluding hydrogens is 286 g/mol. The molecule has 21 heavy (non-hydrogen) atoms. The van der Waals surface area contributed by atoms with E-state index in [0.29, 0.717) is 17.2 Å². The van der Waals surface area contributed by atoms with E-state index < -0.39 is 0 Å². The van der Waals surface area contributed by atoms with Crippen LogP contribution in [0.5, 0.6) is 5.75 Å². The molecule has 0 atom stereocenters. The number of hydrogen-bond acceptors (Lipinski definition) is 2. The molecule has 0 aliphatic rings. The lowest BCUT2D eigenvalue weighted by Gasteiger charge is -2.03. The van der Waals surface area contributed by atoms with Crippen LogP contribution in [-0.2, 0) is 0 Å². The Labute approximate surface area is 127 Å². The van der Waals surface area contributed by atoms with Crippen LogP contribution in [0.25, 0.3) is 22.2 Å². The predicted molar refractivity (Wildman–Crippen MR) is 85.3 cm³/mol. The largest absolute Gasteiger partial charge is 0.494 e. The van der Waals surface area contributed by atoms with Gasteiger partial charge in [0, 0.05) is 27.1 Å². The zero-order valence-corrected chi connectivity index (χ0v) is 12.3. The summed E-state index contributed by atoms with van der Waals surface area (Å²) >= 11 is 6.24. The van der Waals surface area contributed by atoms with Gasteiger partial charge < -0.3 is 9.72 Å². The average Bonchev–Trinajstić information content (AvgIpc) is 2.85. The Bertz CT molecular complexity index is 808. The smallest absolute Gasteiger partial charge is 0.152 e. The molecule has 0 amide bonds. The summed E-state index contributed by atoms with van der Waals surface area (Å²) in [4.78, 5) is 14.8. The first-order valence-electron chi connectivity index (χ1n) is 6.73. The molecule has 3 aromatic rings. The number of halogens is 1. The van der Waals surface area contributed by atoms with Crippen LogP contribution in [0.3, 0.4) is 0 Å². The molecular formula is C17H14ClNO2. The molecule has 0 aliphatic carbocycles. The maximum absolute atomic E-state index is 11.6. The minimum absolute atomic E-state index is 0.587. The van der Waals surface area contributed by atoms with Gasteiger partial charge in [-0.2, -0.15) is 0 Å². The third-order valence-corrected chi connectivity index (χ3v) is 3.71. The van der Waals surface area contributed by atoms with Crippen molar-refractivity contribution in [1.82, 2.24) is 4.98 Å². The number of hydrogen-bond donors (Lipinski definition) is 1. The van der Waals surface area contributed by atoms with E-state index in [1.54, 1.807) is 0 Å². The number of carbonyl (C=O) groups is 1. The average molecular weight is 300 g/mol. The number of aldehydes is 1. The lowest BCUT2D eigenvalue weighted by Crippen LogP contribution is -1.90. The summed E-state index contributed by atoms with van der Waals surface area (Å²) in [7, 11) is 0. The zero-order chi connectivity index (χ0) is 14.8. The monoisotopic (exact) mass is 299 g/mol. The highest BCUT2D eigenvalue weighted by Crippen LogP contribution is 2.34. The Kier molecular flexibility index (Phi) is 3.67.